The monoisotopic (exact) mass is 284 g/mol. The lowest BCUT2D eigenvalue weighted by molar-refractivity contribution is 0.0105. The Morgan fingerprint density at radius 2 is 2.12 bits per heavy atom. The van der Waals surface area contributed by atoms with Crippen molar-refractivity contribution in [3.63, 3.8) is 0 Å². The largest absolute Gasteiger partial charge is 0.379 e. The number of hydrogen-bond acceptors (Lipinski definition) is 3. The topological polar surface area (TPSA) is 24.5 Å². The van der Waals surface area contributed by atoms with E-state index in [2.05, 4.69) is 51.5 Å². The molecule has 0 unspecified atom stereocenters. The molecule has 0 aliphatic carbocycles. The Morgan fingerprint density at radius 3 is 2.81 bits per heavy atom. The normalized spacial score (nSPS) is 17.6. The molecule has 2 rings (SSSR count). The number of morpholine rings is 1. The molecule has 0 atom stereocenters. The van der Waals surface area contributed by atoms with E-state index in [1.165, 1.54) is 15.6 Å². The van der Waals surface area contributed by atoms with E-state index < -0.39 is 0 Å². The zero-order valence-corrected chi connectivity index (χ0v) is 11.1. The standard InChI is InChI=1S/C12H17BrN2O/c1-10-2-3-11(12(13)8-10)9-14-15-4-6-16-7-5-15/h2-3,8,14H,4-7,9H2,1H3. The number of halogens is 1. The molecule has 0 spiro atoms. The zero-order chi connectivity index (χ0) is 11.4. The molecule has 1 saturated heterocycles. The van der Waals surface area contributed by atoms with Crippen LogP contribution in [-0.4, -0.2) is 31.3 Å². The van der Waals surface area contributed by atoms with Crippen molar-refractivity contribution in [2.24, 2.45) is 0 Å². The van der Waals surface area contributed by atoms with Crippen LogP contribution in [0, 0.1) is 6.92 Å². The van der Waals surface area contributed by atoms with E-state index in [1.807, 2.05) is 0 Å². The average Bonchev–Trinajstić information content (AvgIpc) is 2.29. The third-order valence-electron chi connectivity index (χ3n) is 2.71. The molecule has 1 fully saturated rings. The minimum Gasteiger partial charge on any atom is -0.379 e. The molecule has 0 aromatic heterocycles. The second kappa shape index (κ2) is 5.77. The molecule has 0 bridgehead atoms. The van der Waals surface area contributed by atoms with Gasteiger partial charge in [0.15, 0.2) is 0 Å². The summed E-state index contributed by atoms with van der Waals surface area (Å²) in [5, 5.41) is 2.22. The van der Waals surface area contributed by atoms with E-state index in [9.17, 15) is 0 Å². The molecule has 0 saturated carbocycles. The Hall–Kier alpha value is -0.420. The van der Waals surface area contributed by atoms with E-state index in [4.69, 9.17) is 4.74 Å². The van der Waals surface area contributed by atoms with Crippen LogP contribution in [0.1, 0.15) is 11.1 Å². The molecular formula is C12H17BrN2O. The van der Waals surface area contributed by atoms with Crippen LogP contribution in [0.25, 0.3) is 0 Å². The van der Waals surface area contributed by atoms with Crippen LogP contribution in [0.4, 0.5) is 0 Å². The smallest absolute Gasteiger partial charge is 0.0608 e. The van der Waals surface area contributed by atoms with Gasteiger partial charge in [-0.1, -0.05) is 28.1 Å². The minimum absolute atomic E-state index is 0.821. The van der Waals surface area contributed by atoms with E-state index in [-0.39, 0.29) is 0 Å². The summed E-state index contributed by atoms with van der Waals surface area (Å²) in [5.74, 6) is 0. The molecule has 4 heteroatoms. The number of benzene rings is 1. The maximum Gasteiger partial charge on any atom is 0.0608 e. The molecular weight excluding hydrogens is 268 g/mol. The third kappa shape index (κ3) is 3.28. The zero-order valence-electron chi connectivity index (χ0n) is 9.50. The first-order chi connectivity index (χ1) is 7.75. The van der Waals surface area contributed by atoms with Gasteiger partial charge in [0, 0.05) is 24.1 Å². The molecule has 1 aromatic carbocycles. The van der Waals surface area contributed by atoms with Crippen LogP contribution in [0.2, 0.25) is 0 Å². The maximum atomic E-state index is 5.30. The summed E-state index contributed by atoms with van der Waals surface area (Å²) in [6.07, 6.45) is 0. The molecule has 88 valence electrons. The lowest BCUT2D eigenvalue weighted by atomic mass is 10.1. The van der Waals surface area contributed by atoms with Gasteiger partial charge in [0.2, 0.25) is 0 Å². The van der Waals surface area contributed by atoms with Crippen LogP contribution < -0.4 is 5.43 Å². The second-order valence-corrected chi connectivity index (χ2v) is 4.88. The Labute approximate surface area is 105 Å². The quantitative estimate of drug-likeness (QED) is 0.920. The number of hydrogen-bond donors (Lipinski definition) is 1. The van der Waals surface area contributed by atoms with Gasteiger partial charge in [0.25, 0.3) is 0 Å². The van der Waals surface area contributed by atoms with Crippen molar-refractivity contribution in [3.05, 3.63) is 33.8 Å². The average molecular weight is 285 g/mol. The summed E-state index contributed by atoms with van der Waals surface area (Å²) >= 11 is 3.59. The second-order valence-electron chi connectivity index (χ2n) is 4.03. The van der Waals surface area contributed by atoms with Gasteiger partial charge in [-0.2, -0.15) is 0 Å². The molecule has 1 N–H and O–H groups in total. The Bertz CT molecular complexity index is 351. The summed E-state index contributed by atoms with van der Waals surface area (Å²) in [5.41, 5.74) is 5.99. The van der Waals surface area contributed by atoms with Gasteiger partial charge in [-0.25, -0.2) is 5.01 Å². The maximum absolute atomic E-state index is 5.30. The van der Waals surface area contributed by atoms with Crippen LogP contribution in [-0.2, 0) is 11.3 Å². The highest BCUT2D eigenvalue weighted by molar-refractivity contribution is 9.10. The van der Waals surface area contributed by atoms with E-state index in [0.717, 1.165) is 32.8 Å². The lowest BCUT2D eigenvalue weighted by Gasteiger charge is -2.27. The van der Waals surface area contributed by atoms with Crippen molar-refractivity contribution in [2.75, 3.05) is 26.3 Å². The minimum atomic E-state index is 0.821. The predicted octanol–water partition coefficient (Wildman–Crippen LogP) is 2.09. The number of ether oxygens (including phenoxy) is 1. The molecule has 0 radical (unpaired) electrons. The summed E-state index contributed by atoms with van der Waals surface area (Å²) in [6.45, 7) is 6.53. The first kappa shape index (κ1) is 12.0. The van der Waals surface area contributed by atoms with Crippen molar-refractivity contribution >= 4 is 15.9 Å². The van der Waals surface area contributed by atoms with Gasteiger partial charge < -0.3 is 4.74 Å². The summed E-state index contributed by atoms with van der Waals surface area (Å²) in [6, 6.07) is 6.45. The first-order valence-electron chi connectivity index (χ1n) is 5.57. The van der Waals surface area contributed by atoms with Crippen molar-refractivity contribution < 1.29 is 4.74 Å². The van der Waals surface area contributed by atoms with Gasteiger partial charge >= 0.3 is 0 Å². The number of aryl methyl sites for hydroxylation is 1. The van der Waals surface area contributed by atoms with Crippen LogP contribution in [0.3, 0.4) is 0 Å². The van der Waals surface area contributed by atoms with Crippen LogP contribution >= 0.6 is 15.9 Å². The molecule has 0 amide bonds. The Balaban J connectivity index is 1.88. The highest BCUT2D eigenvalue weighted by Crippen LogP contribution is 2.18. The fourth-order valence-corrected chi connectivity index (χ4v) is 2.35. The van der Waals surface area contributed by atoms with Gasteiger partial charge in [-0.15, -0.1) is 0 Å². The van der Waals surface area contributed by atoms with Crippen LogP contribution in [0.15, 0.2) is 22.7 Å². The van der Waals surface area contributed by atoms with Gasteiger partial charge in [0.1, 0.15) is 0 Å². The fraction of sp³-hybridized carbons (Fsp3) is 0.500. The van der Waals surface area contributed by atoms with Crippen molar-refractivity contribution in [1.29, 1.82) is 0 Å². The fourth-order valence-electron chi connectivity index (χ4n) is 1.71. The highest BCUT2D eigenvalue weighted by Gasteiger charge is 2.09. The highest BCUT2D eigenvalue weighted by atomic mass is 79.9. The number of rotatable bonds is 3. The van der Waals surface area contributed by atoms with Crippen molar-refractivity contribution in [1.82, 2.24) is 10.4 Å². The van der Waals surface area contributed by atoms with Gasteiger partial charge in [-0.05, 0) is 24.1 Å². The van der Waals surface area contributed by atoms with Gasteiger partial charge in [0.05, 0.1) is 13.2 Å². The molecule has 3 nitrogen and oxygen atoms in total. The van der Waals surface area contributed by atoms with Gasteiger partial charge in [-0.3, -0.25) is 5.43 Å². The first-order valence-corrected chi connectivity index (χ1v) is 6.36. The molecule has 16 heavy (non-hydrogen) atoms. The van der Waals surface area contributed by atoms with E-state index >= 15 is 0 Å². The Morgan fingerprint density at radius 1 is 1.38 bits per heavy atom. The molecule has 1 heterocycles. The molecule has 1 aromatic rings. The van der Waals surface area contributed by atoms with Crippen molar-refractivity contribution in [2.45, 2.75) is 13.5 Å². The lowest BCUT2D eigenvalue weighted by Crippen LogP contribution is -2.45. The number of nitrogens with one attached hydrogen (secondary N) is 1. The molecule has 1 aliphatic heterocycles. The summed E-state index contributed by atoms with van der Waals surface area (Å²) in [4.78, 5) is 0. The predicted molar refractivity (Wildman–Crippen MR) is 68.1 cm³/mol. The number of hydrazine groups is 1. The van der Waals surface area contributed by atoms with E-state index in [0.29, 0.717) is 0 Å². The summed E-state index contributed by atoms with van der Waals surface area (Å²) in [7, 11) is 0. The van der Waals surface area contributed by atoms with E-state index in [1.54, 1.807) is 0 Å². The van der Waals surface area contributed by atoms with Crippen LogP contribution in [0.5, 0.6) is 0 Å². The Kier molecular flexibility index (Phi) is 4.35. The number of nitrogens with zero attached hydrogens (tertiary/aromatic N) is 1. The molecule has 1 aliphatic rings. The van der Waals surface area contributed by atoms with Crippen molar-refractivity contribution in [3.8, 4) is 0 Å². The third-order valence-corrected chi connectivity index (χ3v) is 3.45. The SMILES string of the molecule is Cc1ccc(CNN2CCOCC2)c(Br)c1. The summed E-state index contributed by atoms with van der Waals surface area (Å²) < 4.78 is 6.47.